The first-order chi connectivity index (χ1) is 13.0. The molecular weight excluding hydrogens is 346 g/mol. The van der Waals surface area contributed by atoms with Crippen LogP contribution in [0.5, 0.6) is 11.5 Å². The third kappa shape index (κ3) is 4.91. The summed E-state index contributed by atoms with van der Waals surface area (Å²) in [5.74, 6) is 2.03. The monoisotopic (exact) mass is 369 g/mol. The molecule has 0 saturated carbocycles. The van der Waals surface area contributed by atoms with Gasteiger partial charge in [-0.25, -0.2) is 0 Å². The zero-order valence-electron chi connectivity index (χ0n) is 15.7. The molecule has 1 N–H and O–H groups in total. The lowest BCUT2D eigenvalue weighted by Crippen LogP contribution is -2.22. The minimum Gasteiger partial charge on any atom is -0.494 e. The highest BCUT2D eigenvalue weighted by molar-refractivity contribution is 5.91. The molecule has 1 amide bonds. The molecule has 0 unspecified atom stereocenters. The van der Waals surface area contributed by atoms with Gasteiger partial charge in [0.15, 0.2) is 5.76 Å². The van der Waals surface area contributed by atoms with Crippen LogP contribution < -0.4 is 14.8 Å². The molecule has 1 aromatic carbocycles. The van der Waals surface area contributed by atoms with E-state index in [1.54, 1.807) is 16.8 Å². The number of amides is 1. The minimum absolute atomic E-state index is 0.237. The van der Waals surface area contributed by atoms with Crippen LogP contribution in [-0.4, -0.2) is 22.3 Å². The summed E-state index contributed by atoms with van der Waals surface area (Å²) < 4.78 is 18.4. The number of rotatable bonds is 8. The Morgan fingerprint density at radius 1 is 1.15 bits per heavy atom. The second kappa shape index (κ2) is 8.44. The largest absolute Gasteiger partial charge is 0.494 e. The first kappa shape index (κ1) is 18.6. The Kier molecular flexibility index (Phi) is 5.80. The summed E-state index contributed by atoms with van der Waals surface area (Å²) in [6.45, 7) is 5.10. The lowest BCUT2D eigenvalue weighted by atomic mass is 10.3. The molecule has 0 spiro atoms. The molecular formula is C20H23N3O4. The molecule has 2 aromatic heterocycles. The van der Waals surface area contributed by atoms with E-state index in [0.717, 1.165) is 17.1 Å². The second-order valence-corrected chi connectivity index (χ2v) is 6.04. The van der Waals surface area contributed by atoms with Crippen LogP contribution >= 0.6 is 0 Å². The number of furan rings is 1. The van der Waals surface area contributed by atoms with Crippen LogP contribution in [0.2, 0.25) is 0 Å². The quantitative estimate of drug-likeness (QED) is 0.659. The molecule has 0 aliphatic rings. The number of benzene rings is 1. The predicted octanol–water partition coefficient (Wildman–Crippen LogP) is 3.23. The van der Waals surface area contributed by atoms with Gasteiger partial charge in [-0.1, -0.05) is 0 Å². The van der Waals surface area contributed by atoms with Gasteiger partial charge in [-0.05, 0) is 56.3 Å². The lowest BCUT2D eigenvalue weighted by Gasteiger charge is -2.06. The normalized spacial score (nSPS) is 10.6. The molecule has 0 saturated heterocycles. The summed E-state index contributed by atoms with van der Waals surface area (Å²) in [5, 5.41) is 7.10. The van der Waals surface area contributed by atoms with Crippen molar-refractivity contribution in [2.45, 2.75) is 27.0 Å². The Balaban J connectivity index is 1.50. The fourth-order valence-corrected chi connectivity index (χ4v) is 2.51. The number of aromatic nitrogens is 2. The molecule has 142 valence electrons. The fourth-order valence-electron chi connectivity index (χ4n) is 2.51. The van der Waals surface area contributed by atoms with Crippen molar-refractivity contribution in [2.75, 3.05) is 6.61 Å². The van der Waals surface area contributed by atoms with Crippen molar-refractivity contribution in [1.82, 2.24) is 15.1 Å². The van der Waals surface area contributed by atoms with Crippen LogP contribution in [0.1, 0.15) is 34.6 Å². The Morgan fingerprint density at radius 2 is 1.85 bits per heavy atom. The zero-order valence-corrected chi connectivity index (χ0v) is 15.7. The summed E-state index contributed by atoms with van der Waals surface area (Å²) in [5.41, 5.74) is 1.83. The lowest BCUT2D eigenvalue weighted by molar-refractivity contribution is 0.0918. The Morgan fingerprint density at radius 3 is 2.48 bits per heavy atom. The summed E-state index contributed by atoms with van der Waals surface area (Å²) in [6, 6.07) is 12.6. The number of nitrogens with zero attached hydrogens (tertiary/aromatic N) is 2. The number of hydrogen-bond acceptors (Lipinski definition) is 5. The number of hydrogen-bond donors (Lipinski definition) is 1. The molecule has 3 aromatic rings. The fraction of sp³-hybridized carbons (Fsp3) is 0.300. The summed E-state index contributed by atoms with van der Waals surface area (Å²) in [7, 11) is 1.86. The highest BCUT2D eigenvalue weighted by Gasteiger charge is 2.12. The van der Waals surface area contributed by atoms with E-state index in [4.69, 9.17) is 13.9 Å². The van der Waals surface area contributed by atoms with Gasteiger partial charge in [0.05, 0.1) is 18.8 Å². The molecule has 2 heterocycles. The average Bonchev–Trinajstić information content (AvgIpc) is 3.26. The van der Waals surface area contributed by atoms with Gasteiger partial charge in [0.1, 0.15) is 23.9 Å². The van der Waals surface area contributed by atoms with Gasteiger partial charge in [0.2, 0.25) is 0 Å². The van der Waals surface area contributed by atoms with Crippen LogP contribution in [-0.2, 0) is 20.2 Å². The van der Waals surface area contributed by atoms with Crippen molar-refractivity contribution in [2.24, 2.45) is 7.05 Å². The van der Waals surface area contributed by atoms with Crippen molar-refractivity contribution in [3.05, 3.63) is 65.4 Å². The first-order valence-electron chi connectivity index (χ1n) is 8.77. The van der Waals surface area contributed by atoms with E-state index in [-0.39, 0.29) is 18.3 Å². The van der Waals surface area contributed by atoms with E-state index in [1.807, 2.05) is 51.2 Å². The van der Waals surface area contributed by atoms with Gasteiger partial charge in [-0.3, -0.25) is 9.48 Å². The standard InChI is InChI=1S/C20H23N3O4/c1-4-25-16-5-7-17(8-6-16)26-13-18-9-10-19(27-18)20(24)21-12-15-11-14(2)23(3)22-15/h5-11H,4,12-13H2,1-3H3,(H,21,24). The van der Waals surface area contributed by atoms with Crippen LogP contribution in [0, 0.1) is 6.92 Å². The van der Waals surface area contributed by atoms with Crippen molar-refractivity contribution in [3.63, 3.8) is 0 Å². The number of carbonyl (C=O) groups is 1. The average molecular weight is 369 g/mol. The van der Waals surface area contributed by atoms with Crippen LogP contribution in [0.4, 0.5) is 0 Å². The zero-order chi connectivity index (χ0) is 19.2. The van der Waals surface area contributed by atoms with E-state index >= 15 is 0 Å². The van der Waals surface area contributed by atoms with Crippen molar-refractivity contribution < 1.29 is 18.7 Å². The van der Waals surface area contributed by atoms with Crippen molar-refractivity contribution in [1.29, 1.82) is 0 Å². The molecule has 0 aliphatic carbocycles. The minimum atomic E-state index is -0.286. The van der Waals surface area contributed by atoms with Crippen LogP contribution in [0.3, 0.4) is 0 Å². The predicted molar refractivity (Wildman–Crippen MR) is 99.8 cm³/mol. The highest BCUT2D eigenvalue weighted by atomic mass is 16.5. The molecule has 7 nitrogen and oxygen atoms in total. The summed E-state index contributed by atoms with van der Waals surface area (Å²) >= 11 is 0. The van der Waals surface area contributed by atoms with Crippen LogP contribution in [0.25, 0.3) is 0 Å². The third-order valence-electron chi connectivity index (χ3n) is 4.00. The molecule has 27 heavy (non-hydrogen) atoms. The highest BCUT2D eigenvalue weighted by Crippen LogP contribution is 2.19. The van der Waals surface area contributed by atoms with Gasteiger partial charge in [-0.2, -0.15) is 5.10 Å². The van der Waals surface area contributed by atoms with Crippen molar-refractivity contribution >= 4 is 5.91 Å². The van der Waals surface area contributed by atoms with E-state index in [2.05, 4.69) is 10.4 Å². The molecule has 0 atom stereocenters. The molecule has 3 rings (SSSR count). The molecule has 7 heteroatoms. The summed E-state index contributed by atoms with van der Waals surface area (Å²) in [6.07, 6.45) is 0. The first-order valence-corrected chi connectivity index (χ1v) is 8.77. The molecule has 0 bridgehead atoms. The summed E-state index contributed by atoms with van der Waals surface area (Å²) in [4.78, 5) is 12.2. The maximum absolute atomic E-state index is 12.2. The van der Waals surface area contributed by atoms with Gasteiger partial charge in [0, 0.05) is 12.7 Å². The third-order valence-corrected chi connectivity index (χ3v) is 4.00. The van der Waals surface area contributed by atoms with Crippen molar-refractivity contribution in [3.8, 4) is 11.5 Å². The van der Waals surface area contributed by atoms with Gasteiger partial charge in [0.25, 0.3) is 5.91 Å². The SMILES string of the molecule is CCOc1ccc(OCc2ccc(C(=O)NCc3cc(C)n(C)n3)o2)cc1. The van der Waals surface area contributed by atoms with Gasteiger partial charge >= 0.3 is 0 Å². The number of aryl methyl sites for hydroxylation is 2. The van der Waals surface area contributed by atoms with E-state index in [0.29, 0.717) is 24.7 Å². The molecule has 0 aliphatic heterocycles. The second-order valence-electron chi connectivity index (χ2n) is 6.04. The molecule has 0 radical (unpaired) electrons. The number of carbonyl (C=O) groups excluding carboxylic acids is 1. The number of ether oxygens (including phenoxy) is 2. The van der Waals surface area contributed by atoms with Gasteiger partial charge < -0.3 is 19.2 Å². The van der Waals surface area contributed by atoms with E-state index in [1.165, 1.54) is 0 Å². The van der Waals surface area contributed by atoms with Crippen LogP contribution in [0.15, 0.2) is 46.9 Å². The number of nitrogens with one attached hydrogen (secondary N) is 1. The Bertz CT molecular complexity index is 877. The van der Waals surface area contributed by atoms with E-state index < -0.39 is 0 Å². The Labute approximate surface area is 157 Å². The molecule has 0 fully saturated rings. The smallest absolute Gasteiger partial charge is 0.287 e. The van der Waals surface area contributed by atoms with Gasteiger partial charge in [-0.15, -0.1) is 0 Å². The maximum Gasteiger partial charge on any atom is 0.287 e. The topological polar surface area (TPSA) is 78.5 Å². The van der Waals surface area contributed by atoms with E-state index in [9.17, 15) is 4.79 Å². The maximum atomic E-state index is 12.2. The Hall–Kier alpha value is -3.22.